The summed E-state index contributed by atoms with van der Waals surface area (Å²) in [5.74, 6) is -0.422. The molecule has 98 valence electrons. The molecule has 0 spiro atoms. The van der Waals surface area contributed by atoms with Crippen molar-refractivity contribution >= 4 is 17.5 Å². The number of likely N-dealkylation sites (N-methyl/N-ethyl adjacent to an activating group) is 1. The van der Waals surface area contributed by atoms with Gasteiger partial charge in [0.05, 0.1) is 16.8 Å². The van der Waals surface area contributed by atoms with Crippen LogP contribution in [0.15, 0.2) is 24.3 Å². The third-order valence-electron chi connectivity index (χ3n) is 2.84. The summed E-state index contributed by atoms with van der Waals surface area (Å²) >= 11 is 0. The number of carbonyl (C=O) groups is 2. The molecule has 1 rings (SSSR count). The Bertz CT molecular complexity index is 455. The Hall–Kier alpha value is -1.88. The molecule has 2 amide bonds. The normalized spacial score (nSPS) is 10.9. The Balaban J connectivity index is 2.98. The predicted octanol–water partition coefficient (Wildman–Crippen LogP) is 0.983. The number of hydrogen-bond acceptors (Lipinski definition) is 3. The monoisotopic (exact) mass is 249 g/mol. The number of rotatable bonds is 4. The van der Waals surface area contributed by atoms with Crippen molar-refractivity contribution < 1.29 is 9.59 Å². The molecule has 3 N–H and O–H groups in total. The number of nitrogens with one attached hydrogen (secondary N) is 3. The quantitative estimate of drug-likeness (QED) is 0.745. The lowest BCUT2D eigenvalue weighted by Gasteiger charge is -2.23. The first-order chi connectivity index (χ1) is 8.42. The fraction of sp³-hybridized carbons (Fsp3) is 0.385. The number of carbonyl (C=O) groups excluding carboxylic acids is 2. The maximum atomic E-state index is 12.0. The van der Waals surface area contributed by atoms with Crippen molar-refractivity contribution in [2.45, 2.75) is 19.4 Å². The Morgan fingerprint density at radius 1 is 1.11 bits per heavy atom. The van der Waals surface area contributed by atoms with Gasteiger partial charge in [-0.15, -0.1) is 0 Å². The van der Waals surface area contributed by atoms with Gasteiger partial charge < -0.3 is 16.0 Å². The molecule has 1 aromatic rings. The summed E-state index contributed by atoms with van der Waals surface area (Å²) in [6.45, 7) is 3.54. The van der Waals surface area contributed by atoms with E-state index in [0.717, 1.165) is 0 Å². The Kier molecular flexibility index (Phi) is 4.44. The van der Waals surface area contributed by atoms with E-state index in [0.29, 0.717) is 11.3 Å². The molecule has 0 fully saturated rings. The van der Waals surface area contributed by atoms with Gasteiger partial charge in [0.2, 0.25) is 5.91 Å². The van der Waals surface area contributed by atoms with Crippen molar-refractivity contribution in [3.05, 3.63) is 29.8 Å². The van der Waals surface area contributed by atoms with E-state index in [4.69, 9.17) is 0 Å². The predicted molar refractivity (Wildman–Crippen MR) is 71.6 cm³/mol. The lowest BCUT2D eigenvalue weighted by atomic mass is 10.0. The molecule has 0 bridgehead atoms. The van der Waals surface area contributed by atoms with Crippen molar-refractivity contribution in [3.8, 4) is 0 Å². The highest BCUT2D eigenvalue weighted by atomic mass is 16.2. The van der Waals surface area contributed by atoms with Gasteiger partial charge in [0.25, 0.3) is 5.91 Å². The average molecular weight is 249 g/mol. The molecule has 0 saturated carbocycles. The van der Waals surface area contributed by atoms with Gasteiger partial charge in [0, 0.05) is 7.05 Å². The van der Waals surface area contributed by atoms with Crippen LogP contribution in [0.3, 0.4) is 0 Å². The van der Waals surface area contributed by atoms with Gasteiger partial charge in [-0.1, -0.05) is 12.1 Å². The fourth-order valence-electron chi connectivity index (χ4n) is 1.32. The van der Waals surface area contributed by atoms with E-state index in [9.17, 15) is 9.59 Å². The molecule has 0 unspecified atom stereocenters. The van der Waals surface area contributed by atoms with Crippen LogP contribution in [0.25, 0.3) is 0 Å². The molecule has 5 nitrogen and oxygen atoms in total. The molecule has 0 aromatic heterocycles. The topological polar surface area (TPSA) is 70.2 Å². The minimum absolute atomic E-state index is 0.193. The molecule has 18 heavy (non-hydrogen) atoms. The van der Waals surface area contributed by atoms with Crippen molar-refractivity contribution in [1.82, 2.24) is 10.6 Å². The summed E-state index contributed by atoms with van der Waals surface area (Å²) in [6.07, 6.45) is 0. The minimum Gasteiger partial charge on any atom is -0.355 e. The molecule has 0 aliphatic heterocycles. The Morgan fingerprint density at radius 2 is 1.72 bits per heavy atom. The molecule has 0 aliphatic rings. The van der Waals surface area contributed by atoms with Crippen LogP contribution < -0.4 is 16.0 Å². The first kappa shape index (κ1) is 14.2. The highest BCUT2D eigenvalue weighted by Gasteiger charge is 2.26. The smallest absolute Gasteiger partial charge is 0.253 e. The van der Waals surface area contributed by atoms with Crippen LogP contribution in [0.1, 0.15) is 24.2 Å². The van der Waals surface area contributed by atoms with Crippen molar-refractivity contribution in [1.29, 1.82) is 0 Å². The second kappa shape index (κ2) is 5.64. The van der Waals surface area contributed by atoms with Gasteiger partial charge in [-0.25, -0.2) is 0 Å². The highest BCUT2D eigenvalue weighted by Crippen LogP contribution is 2.16. The van der Waals surface area contributed by atoms with Crippen molar-refractivity contribution in [2.24, 2.45) is 0 Å². The molecule has 5 heteroatoms. The van der Waals surface area contributed by atoms with Crippen LogP contribution in [0.2, 0.25) is 0 Å². The van der Waals surface area contributed by atoms with E-state index in [1.807, 2.05) is 0 Å². The Labute approximate surface area is 107 Å². The second-order valence-corrected chi connectivity index (χ2v) is 4.45. The van der Waals surface area contributed by atoms with Gasteiger partial charge in [-0.3, -0.25) is 9.59 Å². The molecule has 0 saturated heterocycles. The molecule has 0 radical (unpaired) electrons. The zero-order chi connectivity index (χ0) is 13.8. The number of benzene rings is 1. The summed E-state index contributed by atoms with van der Waals surface area (Å²) in [5.41, 5.74) is 0.251. The zero-order valence-electron chi connectivity index (χ0n) is 11.1. The van der Waals surface area contributed by atoms with Gasteiger partial charge in [-0.2, -0.15) is 0 Å². The van der Waals surface area contributed by atoms with Crippen LogP contribution in [0.4, 0.5) is 5.69 Å². The van der Waals surface area contributed by atoms with E-state index >= 15 is 0 Å². The molecular formula is C13H19N3O2. The van der Waals surface area contributed by atoms with Gasteiger partial charge in [0.15, 0.2) is 0 Å². The van der Waals surface area contributed by atoms with Crippen LogP contribution in [-0.4, -0.2) is 31.4 Å². The summed E-state index contributed by atoms with van der Waals surface area (Å²) in [5, 5.41) is 8.21. The summed E-state index contributed by atoms with van der Waals surface area (Å²) in [6, 6.07) is 6.90. The highest BCUT2D eigenvalue weighted by molar-refractivity contribution is 6.05. The van der Waals surface area contributed by atoms with Gasteiger partial charge in [-0.05, 0) is 33.0 Å². The van der Waals surface area contributed by atoms with Crippen LogP contribution in [0.5, 0.6) is 0 Å². The first-order valence-corrected chi connectivity index (χ1v) is 5.74. The summed E-state index contributed by atoms with van der Waals surface area (Å²) in [4.78, 5) is 23.7. The molecular weight excluding hydrogens is 230 g/mol. The summed E-state index contributed by atoms with van der Waals surface area (Å²) in [7, 11) is 3.27. The number of hydrogen-bond donors (Lipinski definition) is 3. The third-order valence-corrected chi connectivity index (χ3v) is 2.84. The Morgan fingerprint density at radius 3 is 2.28 bits per heavy atom. The van der Waals surface area contributed by atoms with Crippen molar-refractivity contribution in [2.75, 3.05) is 19.4 Å². The average Bonchev–Trinajstić information content (AvgIpc) is 2.38. The maximum absolute atomic E-state index is 12.0. The lowest BCUT2D eigenvalue weighted by molar-refractivity contribution is -0.121. The largest absolute Gasteiger partial charge is 0.355 e. The van der Waals surface area contributed by atoms with E-state index in [1.165, 1.54) is 0 Å². The van der Waals surface area contributed by atoms with Crippen LogP contribution in [0, 0.1) is 0 Å². The van der Waals surface area contributed by atoms with E-state index < -0.39 is 5.54 Å². The van der Waals surface area contributed by atoms with E-state index in [1.54, 1.807) is 52.2 Å². The second-order valence-electron chi connectivity index (χ2n) is 4.45. The van der Waals surface area contributed by atoms with E-state index in [-0.39, 0.29) is 11.8 Å². The molecule has 1 aromatic carbocycles. The maximum Gasteiger partial charge on any atom is 0.253 e. The van der Waals surface area contributed by atoms with Crippen molar-refractivity contribution in [3.63, 3.8) is 0 Å². The minimum atomic E-state index is -0.699. The first-order valence-electron chi connectivity index (χ1n) is 5.74. The molecule has 0 atom stereocenters. The lowest BCUT2D eigenvalue weighted by Crippen LogP contribution is -2.48. The standard InChI is InChI=1S/C13H19N3O2/c1-13(2,15-4)12(18)16-10-8-6-5-7-9(10)11(17)14-3/h5-8,15H,1-4H3,(H,14,17)(H,16,18). The van der Waals surface area contributed by atoms with Gasteiger partial charge >= 0.3 is 0 Å². The number of para-hydroxylation sites is 1. The molecule has 0 aliphatic carbocycles. The van der Waals surface area contributed by atoms with Crippen LogP contribution in [-0.2, 0) is 4.79 Å². The van der Waals surface area contributed by atoms with E-state index in [2.05, 4.69) is 16.0 Å². The fourth-order valence-corrected chi connectivity index (χ4v) is 1.32. The number of anilines is 1. The molecule has 0 heterocycles. The number of amides is 2. The van der Waals surface area contributed by atoms with Crippen LogP contribution >= 0.6 is 0 Å². The third kappa shape index (κ3) is 3.07. The van der Waals surface area contributed by atoms with Gasteiger partial charge in [0.1, 0.15) is 0 Å². The zero-order valence-corrected chi connectivity index (χ0v) is 11.1. The summed E-state index contributed by atoms with van der Waals surface area (Å²) < 4.78 is 0. The SMILES string of the molecule is CNC(=O)c1ccccc1NC(=O)C(C)(C)NC.